The third-order valence-electron chi connectivity index (χ3n) is 4.35. The Hall–Kier alpha value is -3.00. The van der Waals surface area contributed by atoms with Crippen LogP contribution in [0, 0.1) is 0 Å². The molecule has 0 bridgehead atoms. The number of nitrogens with one attached hydrogen (secondary N) is 1. The molecule has 1 heterocycles. The van der Waals surface area contributed by atoms with Crippen molar-refractivity contribution in [3.63, 3.8) is 0 Å². The molecule has 0 aromatic heterocycles. The highest BCUT2D eigenvalue weighted by atomic mass is 32.2. The molecule has 30 heavy (non-hydrogen) atoms. The molecule has 1 aliphatic rings. The van der Waals surface area contributed by atoms with E-state index in [0.29, 0.717) is 35.5 Å². The van der Waals surface area contributed by atoms with Crippen LogP contribution in [0.2, 0.25) is 0 Å². The number of thioether (sulfide) groups is 1. The Kier molecular flexibility index (Phi) is 7.35. The average Bonchev–Trinajstić information content (AvgIpc) is 2.73. The molecule has 2 aromatic carbocycles. The molecule has 2 aromatic rings. The lowest BCUT2D eigenvalue weighted by Gasteiger charge is -2.28. The lowest BCUT2D eigenvalue weighted by molar-refractivity contribution is -0.128. The number of nitrogens with zero attached hydrogens (tertiary/aromatic N) is 2. The first kappa shape index (κ1) is 21.7. The van der Waals surface area contributed by atoms with Crippen molar-refractivity contribution in [1.29, 1.82) is 0 Å². The van der Waals surface area contributed by atoms with Gasteiger partial charge in [0.15, 0.2) is 5.17 Å². The van der Waals surface area contributed by atoms with Gasteiger partial charge in [-0.3, -0.25) is 14.5 Å². The summed E-state index contributed by atoms with van der Waals surface area (Å²) in [4.78, 5) is 31.3. The van der Waals surface area contributed by atoms with Crippen LogP contribution in [0.5, 0.6) is 11.5 Å². The highest BCUT2D eigenvalue weighted by molar-refractivity contribution is 8.15. The number of carbonyl (C=O) groups is 2. The zero-order valence-electron chi connectivity index (χ0n) is 17.3. The molecule has 0 saturated carbocycles. The third kappa shape index (κ3) is 5.54. The largest absolute Gasteiger partial charge is 0.494 e. The Morgan fingerprint density at radius 2 is 1.83 bits per heavy atom. The molecule has 7 nitrogen and oxygen atoms in total. The predicted molar refractivity (Wildman–Crippen MR) is 120 cm³/mol. The number of hydrogen-bond acceptors (Lipinski definition) is 6. The van der Waals surface area contributed by atoms with Crippen LogP contribution in [0.1, 0.15) is 20.3 Å². The van der Waals surface area contributed by atoms with Crippen LogP contribution in [0.15, 0.2) is 53.5 Å². The van der Waals surface area contributed by atoms with Crippen LogP contribution in [-0.2, 0) is 9.59 Å². The minimum Gasteiger partial charge on any atom is -0.494 e. The summed E-state index contributed by atoms with van der Waals surface area (Å²) >= 11 is 1.27. The summed E-state index contributed by atoms with van der Waals surface area (Å²) in [7, 11) is 1.67. The maximum Gasteiger partial charge on any atom is 0.238 e. The molecule has 1 N–H and O–H groups in total. The van der Waals surface area contributed by atoms with Crippen molar-refractivity contribution in [2.45, 2.75) is 25.5 Å². The minimum absolute atomic E-state index is 0.112. The van der Waals surface area contributed by atoms with Gasteiger partial charge in [-0.15, -0.1) is 0 Å². The van der Waals surface area contributed by atoms with Gasteiger partial charge in [0.05, 0.1) is 18.9 Å². The number of hydrogen-bond donors (Lipinski definition) is 1. The van der Waals surface area contributed by atoms with E-state index in [1.807, 2.05) is 50.2 Å². The number of rotatable bonds is 7. The highest BCUT2D eigenvalue weighted by Gasteiger charge is 2.34. The van der Waals surface area contributed by atoms with E-state index < -0.39 is 5.25 Å². The van der Waals surface area contributed by atoms with Gasteiger partial charge in [-0.25, -0.2) is 4.99 Å². The molecule has 3 rings (SSSR count). The Balaban J connectivity index is 1.72. The standard InChI is InChI=1S/C22H25N3O4S/c1-4-28-17-11-9-15(10-12-17)24-22-25(3)20(26)14-19(30-22)21(27)23-16-7-6-8-18(13-16)29-5-2/h6-13,19H,4-5,14H2,1-3H3,(H,23,27)/t19-/m1/s1. The van der Waals surface area contributed by atoms with E-state index in [-0.39, 0.29) is 18.2 Å². The quantitative estimate of drug-likeness (QED) is 0.720. The number of amides is 2. The zero-order valence-corrected chi connectivity index (χ0v) is 18.1. The fourth-order valence-electron chi connectivity index (χ4n) is 2.84. The van der Waals surface area contributed by atoms with Crippen LogP contribution < -0.4 is 14.8 Å². The minimum atomic E-state index is -0.564. The highest BCUT2D eigenvalue weighted by Crippen LogP contribution is 2.30. The van der Waals surface area contributed by atoms with Crippen LogP contribution in [0.25, 0.3) is 0 Å². The van der Waals surface area contributed by atoms with Crippen molar-refractivity contribution < 1.29 is 19.1 Å². The summed E-state index contributed by atoms with van der Waals surface area (Å²) in [5, 5.41) is 2.79. The first-order valence-corrected chi connectivity index (χ1v) is 10.7. The van der Waals surface area contributed by atoms with Crippen molar-refractivity contribution in [3.05, 3.63) is 48.5 Å². The summed E-state index contributed by atoms with van der Waals surface area (Å²) in [6, 6.07) is 14.5. The van der Waals surface area contributed by atoms with E-state index in [0.717, 1.165) is 5.75 Å². The molecule has 1 aliphatic heterocycles. The first-order chi connectivity index (χ1) is 14.5. The number of amidine groups is 1. The number of carbonyl (C=O) groups excluding carboxylic acids is 2. The van der Waals surface area contributed by atoms with Crippen molar-refractivity contribution in [3.8, 4) is 11.5 Å². The molecule has 0 radical (unpaired) electrons. The van der Waals surface area contributed by atoms with Crippen molar-refractivity contribution >= 4 is 40.1 Å². The predicted octanol–water partition coefficient (Wildman–Crippen LogP) is 4.07. The van der Waals surface area contributed by atoms with Gasteiger partial charge in [-0.05, 0) is 50.2 Å². The fourth-order valence-corrected chi connectivity index (χ4v) is 3.91. The lowest BCUT2D eigenvalue weighted by atomic mass is 10.2. The molecule has 1 saturated heterocycles. The SMILES string of the molecule is CCOc1ccc(N=C2S[C@@H](C(=O)Nc3cccc(OCC)c3)CC(=O)N2C)cc1. The topological polar surface area (TPSA) is 80.2 Å². The van der Waals surface area contributed by atoms with E-state index in [1.54, 1.807) is 19.2 Å². The second-order valence-corrected chi connectivity index (χ2v) is 7.70. The second kappa shape index (κ2) is 10.2. The third-order valence-corrected chi connectivity index (χ3v) is 5.59. The van der Waals surface area contributed by atoms with Crippen molar-refractivity contribution in [2.75, 3.05) is 25.6 Å². The smallest absolute Gasteiger partial charge is 0.238 e. The van der Waals surface area contributed by atoms with Gasteiger partial charge < -0.3 is 14.8 Å². The normalized spacial score (nSPS) is 17.7. The summed E-state index contributed by atoms with van der Waals surface area (Å²) in [6.45, 7) is 4.95. The maximum absolute atomic E-state index is 12.8. The molecule has 0 aliphatic carbocycles. The molecule has 2 amide bonds. The van der Waals surface area contributed by atoms with Gasteiger partial charge in [0.2, 0.25) is 11.8 Å². The van der Waals surface area contributed by atoms with E-state index in [4.69, 9.17) is 9.47 Å². The van der Waals surface area contributed by atoms with Crippen molar-refractivity contribution in [2.24, 2.45) is 4.99 Å². The Bertz CT molecular complexity index is 930. The first-order valence-electron chi connectivity index (χ1n) is 9.78. The molecule has 1 fully saturated rings. The van der Waals surface area contributed by atoms with Crippen LogP contribution in [0.3, 0.4) is 0 Å². The summed E-state index contributed by atoms with van der Waals surface area (Å²) in [5.41, 5.74) is 1.31. The van der Waals surface area contributed by atoms with E-state index in [2.05, 4.69) is 10.3 Å². The summed E-state index contributed by atoms with van der Waals surface area (Å²) in [6.07, 6.45) is 0.112. The van der Waals surface area contributed by atoms with Crippen LogP contribution in [0.4, 0.5) is 11.4 Å². The number of anilines is 1. The lowest BCUT2D eigenvalue weighted by Crippen LogP contribution is -2.43. The summed E-state index contributed by atoms with van der Waals surface area (Å²) < 4.78 is 10.9. The molecule has 1 atom stereocenters. The monoisotopic (exact) mass is 427 g/mol. The van der Waals surface area contributed by atoms with E-state index in [1.165, 1.54) is 16.7 Å². The second-order valence-electron chi connectivity index (χ2n) is 6.53. The van der Waals surface area contributed by atoms with Gasteiger partial charge in [0, 0.05) is 25.2 Å². The van der Waals surface area contributed by atoms with Crippen LogP contribution in [-0.4, -0.2) is 47.4 Å². The average molecular weight is 428 g/mol. The molecular formula is C22H25N3O4S. The number of aliphatic imine (C=N–C) groups is 1. The van der Waals surface area contributed by atoms with Crippen molar-refractivity contribution in [1.82, 2.24) is 4.90 Å². The molecular weight excluding hydrogens is 402 g/mol. The Morgan fingerprint density at radius 1 is 1.13 bits per heavy atom. The zero-order chi connectivity index (χ0) is 21.5. The Morgan fingerprint density at radius 3 is 2.53 bits per heavy atom. The van der Waals surface area contributed by atoms with Gasteiger partial charge in [-0.2, -0.15) is 0 Å². The van der Waals surface area contributed by atoms with Gasteiger partial charge in [0.1, 0.15) is 16.7 Å². The molecule has 158 valence electrons. The van der Waals surface area contributed by atoms with E-state index in [9.17, 15) is 9.59 Å². The summed E-state index contributed by atoms with van der Waals surface area (Å²) in [5.74, 6) is 1.05. The van der Waals surface area contributed by atoms with Gasteiger partial charge >= 0.3 is 0 Å². The van der Waals surface area contributed by atoms with Crippen LogP contribution >= 0.6 is 11.8 Å². The fraction of sp³-hybridized carbons (Fsp3) is 0.318. The maximum atomic E-state index is 12.8. The Labute approximate surface area is 180 Å². The number of benzene rings is 2. The molecule has 0 spiro atoms. The molecule has 8 heteroatoms. The van der Waals surface area contributed by atoms with E-state index >= 15 is 0 Å². The van der Waals surface area contributed by atoms with Gasteiger partial charge in [0.25, 0.3) is 0 Å². The number of ether oxygens (including phenoxy) is 2. The van der Waals surface area contributed by atoms with Gasteiger partial charge in [-0.1, -0.05) is 17.8 Å². The molecule has 0 unspecified atom stereocenters.